The van der Waals surface area contributed by atoms with E-state index < -0.39 is 0 Å². The van der Waals surface area contributed by atoms with E-state index in [0.29, 0.717) is 5.88 Å². The third-order valence-electron chi connectivity index (χ3n) is 2.83. The van der Waals surface area contributed by atoms with Gasteiger partial charge >= 0.3 is 0 Å². The SMILES string of the molecule is CC1(C)CN(c2cncc(CCl)n2)CC(C)(C)O1. The van der Waals surface area contributed by atoms with Crippen molar-refractivity contribution in [3.8, 4) is 0 Å². The summed E-state index contributed by atoms with van der Waals surface area (Å²) in [6, 6.07) is 0. The van der Waals surface area contributed by atoms with Crippen LogP contribution in [0.25, 0.3) is 0 Å². The van der Waals surface area contributed by atoms with Crippen molar-refractivity contribution >= 4 is 17.4 Å². The standard InChI is InChI=1S/C13H20ClN3O/c1-12(2)8-17(9-13(3,4)18-12)11-7-15-6-10(5-14)16-11/h6-7H,5,8-9H2,1-4H3. The van der Waals surface area contributed by atoms with Gasteiger partial charge in [-0.3, -0.25) is 4.98 Å². The van der Waals surface area contributed by atoms with Crippen molar-refractivity contribution in [1.29, 1.82) is 0 Å². The fourth-order valence-corrected chi connectivity index (χ4v) is 2.69. The highest BCUT2D eigenvalue weighted by atomic mass is 35.5. The summed E-state index contributed by atoms with van der Waals surface area (Å²) in [6.07, 6.45) is 3.49. The van der Waals surface area contributed by atoms with Crippen LogP contribution in [0.4, 0.5) is 5.82 Å². The van der Waals surface area contributed by atoms with Crippen molar-refractivity contribution in [2.45, 2.75) is 44.8 Å². The van der Waals surface area contributed by atoms with Crippen LogP contribution in [0.2, 0.25) is 0 Å². The Morgan fingerprint density at radius 1 is 1.22 bits per heavy atom. The van der Waals surface area contributed by atoms with E-state index in [1.807, 2.05) is 0 Å². The van der Waals surface area contributed by atoms with Gasteiger partial charge in [0.1, 0.15) is 5.82 Å². The molecular formula is C13H20ClN3O. The van der Waals surface area contributed by atoms with Gasteiger partial charge < -0.3 is 9.64 Å². The van der Waals surface area contributed by atoms with E-state index in [4.69, 9.17) is 16.3 Å². The summed E-state index contributed by atoms with van der Waals surface area (Å²) in [4.78, 5) is 10.9. The zero-order valence-corrected chi connectivity index (χ0v) is 12.2. The molecule has 0 amide bonds. The number of nitrogens with zero attached hydrogens (tertiary/aromatic N) is 3. The zero-order chi connectivity index (χ0) is 13.4. The first kappa shape index (κ1) is 13.6. The molecule has 0 atom stereocenters. The van der Waals surface area contributed by atoms with Crippen LogP contribution < -0.4 is 4.90 Å². The lowest BCUT2D eigenvalue weighted by molar-refractivity contribution is -0.133. The van der Waals surface area contributed by atoms with Gasteiger partial charge in [-0.15, -0.1) is 11.6 Å². The molecule has 0 bridgehead atoms. The average Bonchev–Trinajstić information content (AvgIpc) is 2.25. The maximum atomic E-state index is 6.05. The Hall–Kier alpha value is -0.870. The molecule has 2 rings (SSSR count). The number of halogens is 1. The first-order valence-corrected chi connectivity index (χ1v) is 6.67. The molecule has 1 fully saturated rings. The van der Waals surface area contributed by atoms with Gasteiger partial charge in [-0.1, -0.05) is 0 Å². The van der Waals surface area contributed by atoms with E-state index in [-0.39, 0.29) is 11.2 Å². The molecule has 0 spiro atoms. The first-order chi connectivity index (χ1) is 8.31. The lowest BCUT2D eigenvalue weighted by Crippen LogP contribution is -2.57. The van der Waals surface area contributed by atoms with Crippen LogP contribution >= 0.6 is 11.6 Å². The fourth-order valence-electron chi connectivity index (χ4n) is 2.56. The number of anilines is 1. The summed E-state index contributed by atoms with van der Waals surface area (Å²) >= 11 is 5.80. The van der Waals surface area contributed by atoms with Gasteiger partial charge in [-0.2, -0.15) is 0 Å². The molecule has 1 saturated heterocycles. The van der Waals surface area contributed by atoms with Gasteiger partial charge in [-0.05, 0) is 27.7 Å². The summed E-state index contributed by atoms with van der Waals surface area (Å²) in [5, 5.41) is 0. The van der Waals surface area contributed by atoms with Crippen LogP contribution in [-0.2, 0) is 10.6 Å². The smallest absolute Gasteiger partial charge is 0.147 e. The maximum Gasteiger partial charge on any atom is 0.147 e. The molecule has 1 aromatic rings. The minimum Gasteiger partial charge on any atom is -0.366 e. The molecule has 0 aliphatic carbocycles. The number of hydrogen-bond donors (Lipinski definition) is 0. The van der Waals surface area contributed by atoms with E-state index in [9.17, 15) is 0 Å². The molecule has 0 radical (unpaired) electrons. The normalized spacial score (nSPS) is 21.9. The third kappa shape index (κ3) is 3.12. The van der Waals surface area contributed by atoms with Crippen molar-refractivity contribution in [3.05, 3.63) is 18.1 Å². The average molecular weight is 270 g/mol. The Morgan fingerprint density at radius 2 is 1.83 bits per heavy atom. The second-order valence-corrected chi connectivity index (χ2v) is 6.25. The largest absolute Gasteiger partial charge is 0.366 e. The predicted molar refractivity (Wildman–Crippen MR) is 73.0 cm³/mol. The van der Waals surface area contributed by atoms with Crippen LogP contribution in [0.5, 0.6) is 0 Å². The third-order valence-corrected chi connectivity index (χ3v) is 3.10. The van der Waals surface area contributed by atoms with Gasteiger partial charge in [0.25, 0.3) is 0 Å². The quantitative estimate of drug-likeness (QED) is 0.774. The molecule has 18 heavy (non-hydrogen) atoms. The van der Waals surface area contributed by atoms with Gasteiger partial charge in [-0.25, -0.2) is 4.98 Å². The van der Waals surface area contributed by atoms with Gasteiger partial charge in [0.2, 0.25) is 0 Å². The Kier molecular flexibility index (Phi) is 3.52. The van der Waals surface area contributed by atoms with Crippen LogP contribution in [0.3, 0.4) is 0 Å². The van der Waals surface area contributed by atoms with Gasteiger partial charge in [0.05, 0.1) is 29.0 Å². The second kappa shape index (κ2) is 4.67. The lowest BCUT2D eigenvalue weighted by Gasteiger charge is -2.47. The molecule has 0 unspecified atom stereocenters. The molecule has 5 heteroatoms. The summed E-state index contributed by atoms with van der Waals surface area (Å²) in [7, 11) is 0. The van der Waals surface area contributed by atoms with E-state index in [2.05, 4.69) is 42.6 Å². The van der Waals surface area contributed by atoms with Crippen LogP contribution in [-0.4, -0.2) is 34.3 Å². The first-order valence-electron chi connectivity index (χ1n) is 6.13. The number of aromatic nitrogens is 2. The summed E-state index contributed by atoms with van der Waals surface area (Å²) < 4.78 is 6.05. The number of rotatable bonds is 2. The summed E-state index contributed by atoms with van der Waals surface area (Å²) in [5.74, 6) is 1.26. The molecule has 0 N–H and O–H groups in total. The minimum atomic E-state index is -0.194. The van der Waals surface area contributed by atoms with Crippen LogP contribution in [0.1, 0.15) is 33.4 Å². The number of morpholine rings is 1. The van der Waals surface area contributed by atoms with E-state index in [0.717, 1.165) is 24.6 Å². The van der Waals surface area contributed by atoms with Gasteiger partial charge in [0, 0.05) is 19.3 Å². The maximum absolute atomic E-state index is 6.05. The number of alkyl halides is 1. The Morgan fingerprint density at radius 3 is 2.39 bits per heavy atom. The Balaban J connectivity index is 2.26. The highest BCUT2D eigenvalue weighted by molar-refractivity contribution is 6.16. The van der Waals surface area contributed by atoms with E-state index in [1.165, 1.54) is 0 Å². The second-order valence-electron chi connectivity index (χ2n) is 5.98. The Labute approximate surface area is 113 Å². The Bertz CT molecular complexity index is 418. The van der Waals surface area contributed by atoms with Crippen molar-refractivity contribution in [3.63, 3.8) is 0 Å². The molecule has 0 aromatic carbocycles. The monoisotopic (exact) mass is 269 g/mol. The fraction of sp³-hybridized carbons (Fsp3) is 0.692. The molecule has 1 aliphatic heterocycles. The molecule has 0 saturated carbocycles. The minimum absolute atomic E-state index is 0.194. The predicted octanol–water partition coefficient (Wildman–Crippen LogP) is 2.61. The summed E-state index contributed by atoms with van der Waals surface area (Å²) in [6.45, 7) is 9.99. The van der Waals surface area contributed by atoms with Crippen molar-refractivity contribution in [1.82, 2.24) is 9.97 Å². The lowest BCUT2D eigenvalue weighted by atomic mass is 9.99. The molecule has 1 aliphatic rings. The number of hydrogen-bond acceptors (Lipinski definition) is 4. The summed E-state index contributed by atoms with van der Waals surface area (Å²) in [5.41, 5.74) is 0.414. The van der Waals surface area contributed by atoms with Crippen molar-refractivity contribution in [2.24, 2.45) is 0 Å². The van der Waals surface area contributed by atoms with Crippen LogP contribution in [0, 0.1) is 0 Å². The number of ether oxygens (including phenoxy) is 1. The van der Waals surface area contributed by atoms with Crippen LogP contribution in [0.15, 0.2) is 12.4 Å². The highest BCUT2D eigenvalue weighted by Gasteiger charge is 2.38. The van der Waals surface area contributed by atoms with Crippen molar-refractivity contribution < 1.29 is 4.74 Å². The van der Waals surface area contributed by atoms with E-state index >= 15 is 0 Å². The topological polar surface area (TPSA) is 38.2 Å². The van der Waals surface area contributed by atoms with Gasteiger partial charge in [0.15, 0.2) is 0 Å². The van der Waals surface area contributed by atoms with Crippen molar-refractivity contribution in [2.75, 3.05) is 18.0 Å². The molecule has 2 heterocycles. The molecular weight excluding hydrogens is 250 g/mol. The molecule has 4 nitrogen and oxygen atoms in total. The molecule has 100 valence electrons. The highest BCUT2D eigenvalue weighted by Crippen LogP contribution is 2.30. The molecule has 1 aromatic heterocycles. The van der Waals surface area contributed by atoms with E-state index in [1.54, 1.807) is 12.4 Å². The zero-order valence-electron chi connectivity index (χ0n) is 11.4.